The van der Waals surface area contributed by atoms with Crippen LogP contribution in [0, 0.1) is 5.92 Å². The van der Waals surface area contributed by atoms with Crippen molar-refractivity contribution in [2.75, 3.05) is 7.05 Å². The molecule has 0 radical (unpaired) electrons. The van der Waals surface area contributed by atoms with E-state index in [1.807, 2.05) is 0 Å². The number of ether oxygens (including phenoxy) is 1. The first-order chi connectivity index (χ1) is 9.63. The lowest BCUT2D eigenvalue weighted by molar-refractivity contribution is 0.0882. The van der Waals surface area contributed by atoms with E-state index in [0.717, 1.165) is 11.7 Å². The zero-order chi connectivity index (χ0) is 14.5. The monoisotopic (exact) mass is 275 g/mol. The van der Waals surface area contributed by atoms with Gasteiger partial charge in [-0.3, -0.25) is 0 Å². The van der Waals surface area contributed by atoms with Crippen LogP contribution >= 0.6 is 0 Å². The molecule has 1 aliphatic rings. The minimum Gasteiger partial charge on any atom is -0.489 e. The molecule has 0 amide bonds. The molecule has 0 saturated heterocycles. The van der Waals surface area contributed by atoms with Crippen LogP contribution in [0.1, 0.15) is 57.9 Å². The molecule has 2 heteroatoms. The van der Waals surface area contributed by atoms with Gasteiger partial charge in [0.15, 0.2) is 0 Å². The second-order valence-corrected chi connectivity index (χ2v) is 6.37. The van der Waals surface area contributed by atoms with Gasteiger partial charge in [0, 0.05) is 6.04 Å². The van der Waals surface area contributed by atoms with Crippen molar-refractivity contribution in [2.24, 2.45) is 5.92 Å². The van der Waals surface area contributed by atoms with Gasteiger partial charge in [0.05, 0.1) is 0 Å². The number of nitrogens with one attached hydrogen (secondary N) is 1. The van der Waals surface area contributed by atoms with Crippen LogP contribution in [0.25, 0.3) is 0 Å². The van der Waals surface area contributed by atoms with Gasteiger partial charge < -0.3 is 10.1 Å². The standard InChI is InChI=1S/C18H29NO/c1-5-14-9-10-17(19-4)18(11-14)20-16-8-6-7-15(12-16)13(2)3/h6-8,12-14,17-19H,5,9-11H2,1-4H3. The second-order valence-electron chi connectivity index (χ2n) is 6.37. The summed E-state index contributed by atoms with van der Waals surface area (Å²) in [7, 11) is 2.05. The molecule has 0 aliphatic heterocycles. The van der Waals surface area contributed by atoms with Gasteiger partial charge in [-0.15, -0.1) is 0 Å². The Balaban J connectivity index is 2.07. The van der Waals surface area contributed by atoms with E-state index in [-0.39, 0.29) is 0 Å². The predicted molar refractivity (Wildman–Crippen MR) is 85.4 cm³/mol. The first-order valence-corrected chi connectivity index (χ1v) is 8.07. The highest BCUT2D eigenvalue weighted by molar-refractivity contribution is 5.30. The molecule has 2 rings (SSSR count). The first-order valence-electron chi connectivity index (χ1n) is 8.07. The molecule has 3 unspecified atom stereocenters. The van der Waals surface area contributed by atoms with Gasteiger partial charge in [-0.2, -0.15) is 0 Å². The Bertz CT molecular complexity index is 416. The summed E-state index contributed by atoms with van der Waals surface area (Å²) >= 11 is 0. The van der Waals surface area contributed by atoms with Crippen molar-refractivity contribution in [2.45, 2.75) is 64.5 Å². The van der Waals surface area contributed by atoms with E-state index >= 15 is 0 Å². The fourth-order valence-corrected chi connectivity index (χ4v) is 3.16. The van der Waals surface area contributed by atoms with Gasteiger partial charge >= 0.3 is 0 Å². The van der Waals surface area contributed by atoms with Gasteiger partial charge in [0.1, 0.15) is 11.9 Å². The van der Waals surface area contributed by atoms with Crippen LogP contribution in [0.15, 0.2) is 24.3 Å². The Hall–Kier alpha value is -1.02. The highest BCUT2D eigenvalue weighted by Gasteiger charge is 2.30. The lowest BCUT2D eigenvalue weighted by Crippen LogP contribution is -2.45. The van der Waals surface area contributed by atoms with Crippen LogP contribution in [0.3, 0.4) is 0 Å². The van der Waals surface area contributed by atoms with Crippen molar-refractivity contribution in [3.63, 3.8) is 0 Å². The Morgan fingerprint density at radius 1 is 1.30 bits per heavy atom. The van der Waals surface area contributed by atoms with Crippen molar-refractivity contribution in [3.05, 3.63) is 29.8 Å². The molecule has 3 atom stereocenters. The quantitative estimate of drug-likeness (QED) is 0.862. The second kappa shape index (κ2) is 7.12. The van der Waals surface area contributed by atoms with Crippen molar-refractivity contribution >= 4 is 0 Å². The zero-order valence-corrected chi connectivity index (χ0v) is 13.4. The maximum Gasteiger partial charge on any atom is 0.120 e. The van der Waals surface area contributed by atoms with Crippen LogP contribution in [-0.2, 0) is 0 Å². The summed E-state index contributed by atoms with van der Waals surface area (Å²) in [6.45, 7) is 6.74. The van der Waals surface area contributed by atoms with Gasteiger partial charge in [0.2, 0.25) is 0 Å². The van der Waals surface area contributed by atoms with E-state index in [2.05, 4.69) is 57.4 Å². The molecule has 1 aliphatic carbocycles. The molecule has 1 aromatic carbocycles. The van der Waals surface area contributed by atoms with Gasteiger partial charge in [-0.25, -0.2) is 0 Å². The van der Waals surface area contributed by atoms with Gasteiger partial charge in [0.25, 0.3) is 0 Å². The molecule has 1 fully saturated rings. The predicted octanol–water partition coefficient (Wildman–Crippen LogP) is 4.36. The lowest BCUT2D eigenvalue weighted by Gasteiger charge is -2.36. The maximum absolute atomic E-state index is 6.32. The fraction of sp³-hybridized carbons (Fsp3) is 0.667. The Labute approximate surface area is 123 Å². The Morgan fingerprint density at radius 2 is 2.10 bits per heavy atom. The van der Waals surface area contributed by atoms with E-state index < -0.39 is 0 Å². The minimum atomic E-state index is 0.307. The summed E-state index contributed by atoms with van der Waals surface area (Å²) in [5.41, 5.74) is 1.35. The summed E-state index contributed by atoms with van der Waals surface area (Å²) in [5, 5.41) is 3.43. The van der Waals surface area contributed by atoms with Crippen LogP contribution < -0.4 is 10.1 Å². The van der Waals surface area contributed by atoms with Crippen LogP contribution in [0.2, 0.25) is 0 Å². The van der Waals surface area contributed by atoms with E-state index in [9.17, 15) is 0 Å². The van der Waals surface area contributed by atoms with Crippen LogP contribution in [0.5, 0.6) is 5.75 Å². The first kappa shape index (κ1) is 15.4. The van der Waals surface area contributed by atoms with E-state index in [4.69, 9.17) is 4.74 Å². The molecule has 2 nitrogen and oxygen atoms in total. The van der Waals surface area contributed by atoms with Crippen LogP contribution in [0.4, 0.5) is 0 Å². The number of likely N-dealkylation sites (N-methyl/N-ethyl adjacent to an activating group) is 1. The SMILES string of the molecule is CCC1CCC(NC)C(Oc2cccc(C(C)C)c2)C1. The molecular formula is C18H29NO. The summed E-state index contributed by atoms with van der Waals surface area (Å²) in [5.74, 6) is 2.39. The highest BCUT2D eigenvalue weighted by Crippen LogP contribution is 2.30. The topological polar surface area (TPSA) is 21.3 Å². The maximum atomic E-state index is 6.32. The molecule has 1 N–H and O–H groups in total. The van der Waals surface area contributed by atoms with Crippen molar-refractivity contribution in [1.82, 2.24) is 5.32 Å². The van der Waals surface area contributed by atoms with Gasteiger partial charge in [-0.05, 0) is 55.8 Å². The normalized spacial score (nSPS) is 26.8. The largest absolute Gasteiger partial charge is 0.489 e. The molecule has 112 valence electrons. The minimum absolute atomic E-state index is 0.307. The Kier molecular flexibility index (Phi) is 5.47. The zero-order valence-electron chi connectivity index (χ0n) is 13.4. The van der Waals surface area contributed by atoms with E-state index in [1.165, 1.54) is 31.2 Å². The summed E-state index contributed by atoms with van der Waals surface area (Å²) in [6, 6.07) is 9.07. The molecule has 0 aromatic heterocycles. The summed E-state index contributed by atoms with van der Waals surface area (Å²) < 4.78 is 6.32. The Morgan fingerprint density at radius 3 is 2.75 bits per heavy atom. The lowest BCUT2D eigenvalue weighted by atomic mass is 9.82. The average molecular weight is 275 g/mol. The third-order valence-corrected chi connectivity index (χ3v) is 4.66. The van der Waals surface area contributed by atoms with E-state index in [0.29, 0.717) is 18.1 Å². The van der Waals surface area contributed by atoms with E-state index in [1.54, 1.807) is 0 Å². The van der Waals surface area contributed by atoms with Crippen LogP contribution in [-0.4, -0.2) is 19.2 Å². The molecule has 0 spiro atoms. The third kappa shape index (κ3) is 3.76. The summed E-state index contributed by atoms with van der Waals surface area (Å²) in [4.78, 5) is 0. The van der Waals surface area contributed by atoms with Gasteiger partial charge in [-0.1, -0.05) is 39.3 Å². The average Bonchev–Trinajstić information content (AvgIpc) is 2.47. The molecule has 0 heterocycles. The fourth-order valence-electron chi connectivity index (χ4n) is 3.16. The summed E-state index contributed by atoms with van der Waals surface area (Å²) in [6.07, 6.45) is 5.30. The number of rotatable bonds is 5. The third-order valence-electron chi connectivity index (χ3n) is 4.66. The molecule has 20 heavy (non-hydrogen) atoms. The molecule has 1 saturated carbocycles. The smallest absolute Gasteiger partial charge is 0.120 e. The number of hydrogen-bond acceptors (Lipinski definition) is 2. The number of hydrogen-bond donors (Lipinski definition) is 1. The molecule has 0 bridgehead atoms. The van der Waals surface area contributed by atoms with Crippen molar-refractivity contribution < 1.29 is 4.74 Å². The highest BCUT2D eigenvalue weighted by atomic mass is 16.5. The number of benzene rings is 1. The van der Waals surface area contributed by atoms with Crippen molar-refractivity contribution in [3.8, 4) is 5.75 Å². The molecule has 1 aromatic rings. The van der Waals surface area contributed by atoms with Crippen molar-refractivity contribution in [1.29, 1.82) is 0 Å². The molecular weight excluding hydrogens is 246 g/mol.